The Morgan fingerprint density at radius 2 is 2.00 bits per heavy atom. The first-order valence-electron chi connectivity index (χ1n) is 7.83. The summed E-state index contributed by atoms with van der Waals surface area (Å²) < 4.78 is 0. The molecule has 0 bridgehead atoms. The molecule has 1 N–H and O–H groups in total. The molecule has 1 heterocycles. The third-order valence-electron chi connectivity index (χ3n) is 4.76. The van der Waals surface area contributed by atoms with Gasteiger partial charge in [-0.3, -0.25) is 4.79 Å². The number of amides is 1. The van der Waals surface area contributed by atoms with Gasteiger partial charge in [-0.2, -0.15) is 0 Å². The van der Waals surface area contributed by atoms with Crippen molar-refractivity contribution in [3.63, 3.8) is 0 Å². The fourth-order valence-corrected chi connectivity index (χ4v) is 3.62. The summed E-state index contributed by atoms with van der Waals surface area (Å²) in [5, 5.41) is 3.34. The van der Waals surface area contributed by atoms with E-state index in [0.29, 0.717) is 5.92 Å². The monoisotopic (exact) mass is 272 g/mol. The van der Waals surface area contributed by atoms with Gasteiger partial charge in [-0.05, 0) is 30.4 Å². The Morgan fingerprint density at radius 3 is 2.80 bits per heavy atom. The lowest BCUT2D eigenvalue weighted by Gasteiger charge is -2.28. The molecule has 0 aromatic heterocycles. The standard InChI is InChI=1S/C17H24N2O/c1-19(12-13-7-3-2-4-8-13)17(20)15-11-18-16-10-6-5-9-14(15)16/h5-6,9-10,13,15,18H,2-4,7-8,11-12H2,1H3. The van der Waals surface area contributed by atoms with Crippen LogP contribution in [0.2, 0.25) is 0 Å². The normalized spacial score (nSPS) is 22.1. The van der Waals surface area contributed by atoms with E-state index in [1.54, 1.807) is 0 Å². The highest BCUT2D eigenvalue weighted by Gasteiger charge is 2.31. The molecule has 1 fully saturated rings. The summed E-state index contributed by atoms with van der Waals surface area (Å²) in [6.45, 7) is 1.67. The molecule has 1 unspecified atom stereocenters. The second-order valence-electron chi connectivity index (χ2n) is 6.24. The number of benzene rings is 1. The molecule has 0 radical (unpaired) electrons. The summed E-state index contributed by atoms with van der Waals surface area (Å²) in [5.74, 6) is 0.982. The van der Waals surface area contributed by atoms with Crippen LogP contribution in [0.1, 0.15) is 43.6 Å². The Bertz CT molecular complexity index is 480. The van der Waals surface area contributed by atoms with Crippen LogP contribution in [0.25, 0.3) is 0 Å². The van der Waals surface area contributed by atoms with E-state index < -0.39 is 0 Å². The summed E-state index contributed by atoms with van der Waals surface area (Å²) >= 11 is 0. The topological polar surface area (TPSA) is 32.3 Å². The maximum Gasteiger partial charge on any atom is 0.231 e. The van der Waals surface area contributed by atoms with Crippen LogP contribution >= 0.6 is 0 Å². The van der Waals surface area contributed by atoms with Crippen LogP contribution in [-0.2, 0) is 4.79 Å². The van der Waals surface area contributed by atoms with Gasteiger partial charge >= 0.3 is 0 Å². The van der Waals surface area contributed by atoms with E-state index in [1.165, 1.54) is 32.1 Å². The Morgan fingerprint density at radius 1 is 1.25 bits per heavy atom. The number of carbonyl (C=O) groups excluding carboxylic acids is 1. The van der Waals surface area contributed by atoms with Crippen LogP contribution in [-0.4, -0.2) is 30.9 Å². The third kappa shape index (κ3) is 2.67. The fraction of sp³-hybridized carbons (Fsp3) is 0.588. The molecule has 0 saturated heterocycles. The van der Waals surface area contributed by atoms with E-state index in [0.717, 1.165) is 24.3 Å². The molecule has 1 amide bonds. The van der Waals surface area contributed by atoms with Crippen molar-refractivity contribution >= 4 is 11.6 Å². The molecule has 1 aromatic rings. The van der Waals surface area contributed by atoms with Crippen molar-refractivity contribution in [2.24, 2.45) is 5.92 Å². The Kier molecular flexibility index (Phi) is 3.95. The molecule has 1 saturated carbocycles. The van der Waals surface area contributed by atoms with Crippen LogP contribution in [0.15, 0.2) is 24.3 Å². The van der Waals surface area contributed by atoms with Crippen molar-refractivity contribution in [3.05, 3.63) is 29.8 Å². The van der Waals surface area contributed by atoms with Crippen LogP contribution in [0, 0.1) is 5.92 Å². The number of anilines is 1. The number of nitrogens with one attached hydrogen (secondary N) is 1. The molecule has 0 spiro atoms. The van der Waals surface area contributed by atoms with E-state index >= 15 is 0 Å². The lowest BCUT2D eigenvalue weighted by Crippen LogP contribution is -2.36. The van der Waals surface area contributed by atoms with Crippen LogP contribution in [0.3, 0.4) is 0 Å². The van der Waals surface area contributed by atoms with Gasteiger partial charge < -0.3 is 10.2 Å². The van der Waals surface area contributed by atoms with Crippen molar-refractivity contribution in [3.8, 4) is 0 Å². The van der Waals surface area contributed by atoms with E-state index in [-0.39, 0.29) is 11.8 Å². The highest BCUT2D eigenvalue weighted by molar-refractivity contribution is 5.88. The number of hydrogen-bond donors (Lipinski definition) is 1. The lowest BCUT2D eigenvalue weighted by molar-refractivity contribution is -0.131. The Balaban J connectivity index is 1.64. The van der Waals surface area contributed by atoms with Gasteiger partial charge in [-0.25, -0.2) is 0 Å². The number of para-hydroxylation sites is 1. The minimum atomic E-state index is -0.000194. The summed E-state index contributed by atoms with van der Waals surface area (Å²) in [6, 6.07) is 8.17. The summed E-state index contributed by atoms with van der Waals surface area (Å²) in [6.07, 6.45) is 6.61. The van der Waals surface area contributed by atoms with Gasteiger partial charge in [0.1, 0.15) is 0 Å². The number of rotatable bonds is 3. The average Bonchev–Trinajstić information content (AvgIpc) is 2.91. The van der Waals surface area contributed by atoms with Crippen molar-refractivity contribution in [2.75, 3.05) is 25.5 Å². The highest BCUT2D eigenvalue weighted by Crippen LogP contribution is 2.32. The number of likely N-dealkylation sites (N-methyl/N-ethyl adjacent to an activating group) is 1. The first-order chi connectivity index (χ1) is 9.75. The smallest absolute Gasteiger partial charge is 0.231 e. The van der Waals surface area contributed by atoms with Gasteiger partial charge in [0.2, 0.25) is 5.91 Å². The zero-order valence-corrected chi connectivity index (χ0v) is 12.3. The van der Waals surface area contributed by atoms with Gasteiger partial charge in [-0.1, -0.05) is 37.5 Å². The Hall–Kier alpha value is -1.51. The summed E-state index contributed by atoms with van der Waals surface area (Å²) in [4.78, 5) is 14.6. The van der Waals surface area contributed by atoms with Crippen molar-refractivity contribution in [1.82, 2.24) is 4.90 Å². The molecule has 3 nitrogen and oxygen atoms in total. The molecule has 20 heavy (non-hydrogen) atoms. The molecule has 1 aromatic carbocycles. The van der Waals surface area contributed by atoms with Gasteiger partial charge in [0.15, 0.2) is 0 Å². The molecule has 2 aliphatic rings. The van der Waals surface area contributed by atoms with E-state index in [4.69, 9.17) is 0 Å². The maximum atomic E-state index is 12.7. The summed E-state index contributed by atoms with van der Waals surface area (Å²) in [5.41, 5.74) is 2.28. The SMILES string of the molecule is CN(CC1CCCCC1)C(=O)C1CNc2ccccc21. The summed E-state index contributed by atoms with van der Waals surface area (Å²) in [7, 11) is 1.97. The first-order valence-corrected chi connectivity index (χ1v) is 7.83. The molecular weight excluding hydrogens is 248 g/mol. The molecule has 1 aliphatic carbocycles. The van der Waals surface area contributed by atoms with Gasteiger partial charge in [-0.15, -0.1) is 0 Å². The zero-order chi connectivity index (χ0) is 13.9. The molecule has 1 aliphatic heterocycles. The van der Waals surface area contributed by atoms with Crippen molar-refractivity contribution in [2.45, 2.75) is 38.0 Å². The quantitative estimate of drug-likeness (QED) is 0.916. The van der Waals surface area contributed by atoms with Crippen molar-refractivity contribution < 1.29 is 4.79 Å². The Labute approximate surface area is 121 Å². The predicted octanol–water partition coefficient (Wildman–Crippen LogP) is 3.23. The molecule has 1 atom stereocenters. The van der Waals surface area contributed by atoms with Crippen LogP contribution in [0.4, 0.5) is 5.69 Å². The number of fused-ring (bicyclic) bond motifs is 1. The average molecular weight is 272 g/mol. The van der Waals surface area contributed by atoms with Gasteiger partial charge in [0.05, 0.1) is 5.92 Å². The third-order valence-corrected chi connectivity index (χ3v) is 4.76. The molecule has 3 rings (SSSR count). The number of hydrogen-bond acceptors (Lipinski definition) is 2. The largest absolute Gasteiger partial charge is 0.384 e. The zero-order valence-electron chi connectivity index (χ0n) is 12.3. The molecule has 108 valence electrons. The second kappa shape index (κ2) is 5.86. The van der Waals surface area contributed by atoms with Gasteiger partial charge in [0.25, 0.3) is 0 Å². The lowest BCUT2D eigenvalue weighted by atomic mass is 9.88. The van der Waals surface area contributed by atoms with Crippen LogP contribution < -0.4 is 5.32 Å². The fourth-order valence-electron chi connectivity index (χ4n) is 3.62. The number of nitrogens with zero attached hydrogens (tertiary/aromatic N) is 1. The maximum absolute atomic E-state index is 12.7. The minimum absolute atomic E-state index is 0.000194. The highest BCUT2D eigenvalue weighted by atomic mass is 16.2. The van der Waals surface area contributed by atoms with Crippen LogP contribution in [0.5, 0.6) is 0 Å². The molecular formula is C17H24N2O. The van der Waals surface area contributed by atoms with Crippen molar-refractivity contribution in [1.29, 1.82) is 0 Å². The minimum Gasteiger partial charge on any atom is -0.384 e. The van der Waals surface area contributed by atoms with E-state index in [2.05, 4.69) is 17.4 Å². The molecule has 3 heteroatoms. The number of carbonyl (C=O) groups is 1. The van der Waals surface area contributed by atoms with Gasteiger partial charge in [0, 0.05) is 25.8 Å². The first kappa shape index (κ1) is 13.5. The second-order valence-corrected chi connectivity index (χ2v) is 6.24. The van der Waals surface area contributed by atoms with E-state index in [9.17, 15) is 4.79 Å². The predicted molar refractivity (Wildman–Crippen MR) is 81.9 cm³/mol. The van der Waals surface area contributed by atoms with E-state index in [1.807, 2.05) is 24.1 Å².